The zero-order valence-corrected chi connectivity index (χ0v) is 20.6. The standard InChI is InChI=1S/C25H33N3O4S/c1-19(2)32-24-14-13-22(33(30,31)28-16-6-5-7-17-28)18-23(24)26-25(29)15-10-20-8-11-21(12-9-20)27(3)4/h8-15,18-19H,5-7,16-17H2,1-4H3,(H,26,29)/b15-10+. The molecule has 33 heavy (non-hydrogen) atoms. The number of carbonyl (C=O) groups is 1. The molecule has 2 aromatic rings. The summed E-state index contributed by atoms with van der Waals surface area (Å²) >= 11 is 0. The number of nitrogens with one attached hydrogen (secondary N) is 1. The molecule has 1 heterocycles. The maximum Gasteiger partial charge on any atom is 0.248 e. The molecule has 1 N–H and O–H groups in total. The van der Waals surface area contributed by atoms with E-state index in [1.165, 1.54) is 16.4 Å². The lowest BCUT2D eigenvalue weighted by molar-refractivity contribution is -0.111. The zero-order chi connectivity index (χ0) is 24.0. The number of amides is 1. The molecule has 1 amide bonds. The van der Waals surface area contributed by atoms with Gasteiger partial charge in [-0.3, -0.25) is 4.79 Å². The summed E-state index contributed by atoms with van der Waals surface area (Å²) in [6.07, 6.45) is 5.77. The number of benzene rings is 2. The van der Waals surface area contributed by atoms with E-state index in [1.807, 2.05) is 57.1 Å². The molecule has 1 saturated heterocycles. The molecular weight excluding hydrogens is 438 g/mol. The fourth-order valence-corrected chi connectivity index (χ4v) is 5.15. The van der Waals surface area contributed by atoms with Crippen molar-refractivity contribution in [2.24, 2.45) is 0 Å². The maximum absolute atomic E-state index is 13.1. The first-order valence-corrected chi connectivity index (χ1v) is 12.7. The molecule has 0 saturated carbocycles. The fourth-order valence-electron chi connectivity index (χ4n) is 3.61. The van der Waals surface area contributed by atoms with E-state index >= 15 is 0 Å². The Hall–Kier alpha value is -2.84. The van der Waals surface area contributed by atoms with Gasteiger partial charge in [-0.1, -0.05) is 18.6 Å². The maximum atomic E-state index is 13.1. The molecule has 0 aliphatic carbocycles. The predicted molar refractivity (Wildman–Crippen MR) is 133 cm³/mol. The van der Waals surface area contributed by atoms with Crippen LogP contribution in [-0.4, -0.2) is 51.9 Å². The van der Waals surface area contributed by atoms with E-state index in [-0.39, 0.29) is 16.9 Å². The fraction of sp³-hybridized carbons (Fsp3) is 0.400. The Balaban J connectivity index is 1.81. The predicted octanol–water partition coefficient (Wildman–Crippen LogP) is 4.37. The first kappa shape index (κ1) is 24.8. The summed E-state index contributed by atoms with van der Waals surface area (Å²) in [5.41, 5.74) is 2.29. The third kappa shape index (κ3) is 6.58. The Morgan fingerprint density at radius 3 is 2.33 bits per heavy atom. The van der Waals surface area contributed by atoms with Crippen LogP contribution in [0.25, 0.3) is 6.08 Å². The van der Waals surface area contributed by atoms with Gasteiger partial charge in [0.15, 0.2) is 0 Å². The Morgan fingerprint density at radius 2 is 1.73 bits per heavy atom. The zero-order valence-electron chi connectivity index (χ0n) is 19.7. The summed E-state index contributed by atoms with van der Waals surface area (Å²) in [7, 11) is 0.306. The average Bonchev–Trinajstić information content (AvgIpc) is 2.79. The molecule has 0 aromatic heterocycles. The number of rotatable bonds is 8. The minimum Gasteiger partial charge on any atom is -0.489 e. The lowest BCUT2D eigenvalue weighted by Crippen LogP contribution is -2.35. The van der Waals surface area contributed by atoms with Gasteiger partial charge in [-0.2, -0.15) is 4.31 Å². The van der Waals surface area contributed by atoms with E-state index < -0.39 is 10.0 Å². The van der Waals surface area contributed by atoms with Gasteiger partial charge in [-0.25, -0.2) is 8.42 Å². The van der Waals surface area contributed by atoms with Crippen molar-refractivity contribution < 1.29 is 17.9 Å². The minimum atomic E-state index is -3.63. The monoisotopic (exact) mass is 471 g/mol. The van der Waals surface area contributed by atoms with Gasteiger partial charge in [0.1, 0.15) is 5.75 Å². The summed E-state index contributed by atoms with van der Waals surface area (Å²) in [5.74, 6) is 0.0625. The van der Waals surface area contributed by atoms with Crippen LogP contribution in [0.2, 0.25) is 0 Å². The van der Waals surface area contributed by atoms with E-state index in [0.29, 0.717) is 24.5 Å². The molecule has 0 unspecified atom stereocenters. The van der Waals surface area contributed by atoms with Gasteiger partial charge in [0.05, 0.1) is 16.7 Å². The van der Waals surface area contributed by atoms with Crippen molar-refractivity contribution in [3.8, 4) is 5.75 Å². The van der Waals surface area contributed by atoms with Gasteiger partial charge in [0.2, 0.25) is 15.9 Å². The van der Waals surface area contributed by atoms with Crippen LogP contribution in [0.5, 0.6) is 5.75 Å². The Kier molecular flexibility index (Phi) is 8.15. The summed E-state index contributed by atoms with van der Waals surface area (Å²) < 4.78 is 33.5. The summed E-state index contributed by atoms with van der Waals surface area (Å²) in [6.45, 7) is 4.79. The van der Waals surface area contributed by atoms with Crippen LogP contribution in [0.3, 0.4) is 0 Å². The largest absolute Gasteiger partial charge is 0.489 e. The number of hydrogen-bond donors (Lipinski definition) is 1. The molecule has 3 rings (SSSR count). The van der Waals surface area contributed by atoms with Crippen molar-refractivity contribution in [3.05, 3.63) is 54.1 Å². The number of anilines is 2. The van der Waals surface area contributed by atoms with Crippen molar-refractivity contribution in [1.29, 1.82) is 0 Å². The molecular formula is C25H33N3O4S. The van der Waals surface area contributed by atoms with Gasteiger partial charge in [0, 0.05) is 38.9 Å². The molecule has 0 spiro atoms. The van der Waals surface area contributed by atoms with Crippen molar-refractivity contribution >= 4 is 33.4 Å². The average molecular weight is 472 g/mol. The topological polar surface area (TPSA) is 79.0 Å². The number of hydrogen-bond acceptors (Lipinski definition) is 5. The lowest BCUT2D eigenvalue weighted by Gasteiger charge is -2.26. The third-order valence-electron chi connectivity index (χ3n) is 5.36. The van der Waals surface area contributed by atoms with Gasteiger partial charge >= 0.3 is 0 Å². The van der Waals surface area contributed by atoms with E-state index in [0.717, 1.165) is 30.5 Å². The summed E-state index contributed by atoms with van der Waals surface area (Å²) in [5, 5.41) is 2.79. The highest BCUT2D eigenvalue weighted by Gasteiger charge is 2.27. The second kappa shape index (κ2) is 10.9. The molecule has 1 fully saturated rings. The lowest BCUT2D eigenvalue weighted by atomic mass is 10.2. The van der Waals surface area contributed by atoms with Crippen molar-refractivity contribution in [1.82, 2.24) is 4.31 Å². The van der Waals surface area contributed by atoms with E-state index in [1.54, 1.807) is 18.2 Å². The number of nitrogens with zero attached hydrogens (tertiary/aromatic N) is 2. The Labute approximate surface area is 197 Å². The molecule has 7 nitrogen and oxygen atoms in total. The smallest absolute Gasteiger partial charge is 0.248 e. The van der Waals surface area contributed by atoms with Gasteiger partial charge in [-0.15, -0.1) is 0 Å². The highest BCUT2D eigenvalue weighted by Crippen LogP contribution is 2.31. The van der Waals surface area contributed by atoms with Crippen LogP contribution in [0.1, 0.15) is 38.7 Å². The SMILES string of the molecule is CC(C)Oc1ccc(S(=O)(=O)N2CCCCC2)cc1NC(=O)/C=C/c1ccc(N(C)C)cc1. The van der Waals surface area contributed by atoms with E-state index in [2.05, 4.69) is 5.32 Å². The molecule has 2 aromatic carbocycles. The van der Waals surface area contributed by atoms with Crippen molar-refractivity contribution in [3.63, 3.8) is 0 Å². The first-order valence-electron chi connectivity index (χ1n) is 11.2. The second-order valence-electron chi connectivity index (χ2n) is 8.60. The summed E-state index contributed by atoms with van der Waals surface area (Å²) in [6, 6.07) is 12.4. The highest BCUT2D eigenvalue weighted by molar-refractivity contribution is 7.89. The Bertz CT molecular complexity index is 1090. The first-order chi connectivity index (χ1) is 15.7. The third-order valence-corrected chi connectivity index (χ3v) is 7.26. The van der Waals surface area contributed by atoms with Crippen LogP contribution in [0.15, 0.2) is 53.4 Å². The van der Waals surface area contributed by atoms with Crippen LogP contribution >= 0.6 is 0 Å². The Morgan fingerprint density at radius 1 is 1.06 bits per heavy atom. The molecule has 1 aliphatic heterocycles. The normalized spacial score (nSPS) is 15.1. The number of ether oxygens (including phenoxy) is 1. The minimum absolute atomic E-state index is 0.129. The highest BCUT2D eigenvalue weighted by atomic mass is 32.2. The second-order valence-corrected chi connectivity index (χ2v) is 10.5. The quantitative estimate of drug-likeness (QED) is 0.579. The van der Waals surface area contributed by atoms with Gasteiger partial charge in [-0.05, 0) is 68.7 Å². The number of carbonyl (C=O) groups excluding carboxylic acids is 1. The molecule has 178 valence electrons. The van der Waals surface area contributed by atoms with Gasteiger partial charge in [0.25, 0.3) is 0 Å². The molecule has 0 bridgehead atoms. The number of sulfonamides is 1. The van der Waals surface area contributed by atoms with Crippen LogP contribution in [-0.2, 0) is 14.8 Å². The summed E-state index contributed by atoms with van der Waals surface area (Å²) in [4.78, 5) is 14.8. The van der Waals surface area contributed by atoms with Crippen LogP contribution in [0.4, 0.5) is 11.4 Å². The molecule has 0 atom stereocenters. The molecule has 0 radical (unpaired) electrons. The van der Waals surface area contributed by atoms with Crippen molar-refractivity contribution in [2.75, 3.05) is 37.4 Å². The van der Waals surface area contributed by atoms with Gasteiger partial charge < -0.3 is 15.0 Å². The number of piperidine rings is 1. The van der Waals surface area contributed by atoms with Crippen molar-refractivity contribution in [2.45, 2.75) is 44.1 Å². The van der Waals surface area contributed by atoms with Crippen LogP contribution in [0, 0.1) is 0 Å². The molecule has 1 aliphatic rings. The molecule has 8 heteroatoms. The van der Waals surface area contributed by atoms with E-state index in [4.69, 9.17) is 4.74 Å². The van der Waals surface area contributed by atoms with E-state index in [9.17, 15) is 13.2 Å². The van der Waals surface area contributed by atoms with Crippen LogP contribution < -0.4 is 15.0 Å².